The number of nitrogens with zero attached hydrogens (tertiary/aromatic N) is 3. The average Bonchev–Trinajstić information content (AvgIpc) is 2.53. The number of aromatic nitrogens is 2. The van der Waals surface area contributed by atoms with Crippen molar-refractivity contribution in [3.8, 4) is 0 Å². The molecule has 0 N–H and O–H groups in total. The molecule has 1 unspecified atom stereocenters. The molecule has 1 saturated heterocycles. The summed E-state index contributed by atoms with van der Waals surface area (Å²) < 4.78 is 0. The second-order valence-electron chi connectivity index (χ2n) is 3.29. The lowest BCUT2D eigenvalue weighted by atomic mass is 10.1. The standard InChI is InChI=1S/C9H13N3/c1-12-7-3-5-9(12)8-4-2-6-10-11-8/h2,4,6,9H,3,5,7H2,1H3. The van der Waals surface area contributed by atoms with Gasteiger partial charge in [-0.05, 0) is 38.6 Å². The first kappa shape index (κ1) is 7.68. The Labute approximate surface area is 72.4 Å². The van der Waals surface area contributed by atoms with Crippen molar-refractivity contribution < 1.29 is 0 Å². The lowest BCUT2D eigenvalue weighted by Crippen LogP contribution is -2.18. The van der Waals surface area contributed by atoms with E-state index in [1.807, 2.05) is 6.07 Å². The van der Waals surface area contributed by atoms with Gasteiger partial charge < -0.3 is 0 Å². The Balaban J connectivity index is 2.19. The third-order valence-corrected chi connectivity index (χ3v) is 2.45. The summed E-state index contributed by atoms with van der Waals surface area (Å²) in [6, 6.07) is 4.51. The first-order valence-corrected chi connectivity index (χ1v) is 4.36. The van der Waals surface area contributed by atoms with Gasteiger partial charge >= 0.3 is 0 Å². The van der Waals surface area contributed by atoms with Crippen molar-refractivity contribution in [2.75, 3.05) is 13.6 Å². The number of hydrogen-bond donors (Lipinski definition) is 0. The van der Waals surface area contributed by atoms with Gasteiger partial charge in [-0.2, -0.15) is 10.2 Å². The average molecular weight is 163 g/mol. The normalized spacial score (nSPS) is 24.6. The minimum Gasteiger partial charge on any atom is -0.298 e. The van der Waals surface area contributed by atoms with Gasteiger partial charge in [0.2, 0.25) is 0 Å². The van der Waals surface area contributed by atoms with Crippen molar-refractivity contribution in [2.24, 2.45) is 0 Å². The van der Waals surface area contributed by atoms with Gasteiger partial charge in [0, 0.05) is 6.20 Å². The van der Waals surface area contributed by atoms with Crippen LogP contribution in [-0.2, 0) is 0 Å². The molecule has 0 saturated carbocycles. The first-order chi connectivity index (χ1) is 5.88. The summed E-state index contributed by atoms with van der Waals surface area (Å²) in [5.41, 5.74) is 1.11. The van der Waals surface area contributed by atoms with Gasteiger partial charge in [-0.15, -0.1) is 0 Å². The summed E-state index contributed by atoms with van der Waals surface area (Å²) in [6.07, 6.45) is 4.21. The molecule has 1 fully saturated rings. The summed E-state index contributed by atoms with van der Waals surface area (Å²) in [7, 11) is 2.15. The van der Waals surface area contributed by atoms with Gasteiger partial charge in [0.05, 0.1) is 11.7 Å². The first-order valence-electron chi connectivity index (χ1n) is 4.36. The molecule has 1 atom stereocenters. The molecule has 3 heteroatoms. The van der Waals surface area contributed by atoms with Gasteiger partial charge in [-0.3, -0.25) is 4.90 Å². The smallest absolute Gasteiger partial charge is 0.0802 e. The fraction of sp³-hybridized carbons (Fsp3) is 0.556. The maximum atomic E-state index is 4.12. The van der Waals surface area contributed by atoms with Crippen molar-refractivity contribution in [1.82, 2.24) is 15.1 Å². The SMILES string of the molecule is CN1CCCC1c1cccnn1. The molecule has 1 aliphatic heterocycles. The Kier molecular flexibility index (Phi) is 2.04. The lowest BCUT2D eigenvalue weighted by molar-refractivity contribution is 0.310. The van der Waals surface area contributed by atoms with E-state index in [1.54, 1.807) is 6.20 Å². The summed E-state index contributed by atoms with van der Waals surface area (Å²) in [4.78, 5) is 2.34. The van der Waals surface area contributed by atoms with Crippen molar-refractivity contribution in [3.63, 3.8) is 0 Å². The van der Waals surface area contributed by atoms with E-state index in [2.05, 4.69) is 28.2 Å². The Morgan fingerprint density at radius 1 is 1.58 bits per heavy atom. The second-order valence-corrected chi connectivity index (χ2v) is 3.29. The molecule has 64 valence electrons. The molecular weight excluding hydrogens is 150 g/mol. The van der Waals surface area contributed by atoms with Crippen molar-refractivity contribution in [3.05, 3.63) is 24.0 Å². The van der Waals surface area contributed by atoms with E-state index in [1.165, 1.54) is 19.4 Å². The molecule has 1 aliphatic rings. The molecule has 0 amide bonds. The Hall–Kier alpha value is -0.960. The van der Waals surface area contributed by atoms with Crippen LogP contribution in [0.1, 0.15) is 24.6 Å². The van der Waals surface area contributed by atoms with Crippen LogP contribution in [0.5, 0.6) is 0 Å². The largest absolute Gasteiger partial charge is 0.298 e. The Bertz CT molecular complexity index is 247. The molecule has 0 radical (unpaired) electrons. The van der Waals surface area contributed by atoms with Crippen LogP contribution in [-0.4, -0.2) is 28.7 Å². The van der Waals surface area contributed by atoms with E-state index >= 15 is 0 Å². The molecular formula is C9H13N3. The van der Waals surface area contributed by atoms with E-state index in [9.17, 15) is 0 Å². The Morgan fingerprint density at radius 3 is 3.08 bits per heavy atom. The highest BCUT2D eigenvalue weighted by Crippen LogP contribution is 2.27. The zero-order chi connectivity index (χ0) is 8.39. The summed E-state index contributed by atoms with van der Waals surface area (Å²) in [5, 5.41) is 8.01. The van der Waals surface area contributed by atoms with Gasteiger partial charge in [0.25, 0.3) is 0 Å². The lowest BCUT2D eigenvalue weighted by Gasteiger charge is -2.17. The number of hydrogen-bond acceptors (Lipinski definition) is 3. The van der Waals surface area contributed by atoms with Crippen LogP contribution in [0.25, 0.3) is 0 Å². The van der Waals surface area contributed by atoms with E-state index in [-0.39, 0.29) is 0 Å². The van der Waals surface area contributed by atoms with Crippen molar-refractivity contribution in [1.29, 1.82) is 0 Å². The third kappa shape index (κ3) is 1.32. The fourth-order valence-electron chi connectivity index (χ4n) is 1.78. The van der Waals surface area contributed by atoms with Crippen LogP contribution < -0.4 is 0 Å². The molecule has 2 rings (SSSR count). The molecule has 0 aliphatic carbocycles. The van der Waals surface area contributed by atoms with E-state index in [4.69, 9.17) is 0 Å². The minimum atomic E-state index is 0.499. The minimum absolute atomic E-state index is 0.499. The number of rotatable bonds is 1. The zero-order valence-corrected chi connectivity index (χ0v) is 7.27. The van der Waals surface area contributed by atoms with E-state index < -0.39 is 0 Å². The highest BCUT2D eigenvalue weighted by molar-refractivity contribution is 5.06. The molecule has 1 aromatic rings. The van der Waals surface area contributed by atoms with Crippen LogP contribution in [0.2, 0.25) is 0 Å². The van der Waals surface area contributed by atoms with Crippen molar-refractivity contribution in [2.45, 2.75) is 18.9 Å². The topological polar surface area (TPSA) is 29.0 Å². The quantitative estimate of drug-likeness (QED) is 0.623. The van der Waals surface area contributed by atoms with Crippen LogP contribution in [0, 0.1) is 0 Å². The summed E-state index contributed by atoms with van der Waals surface area (Å²) in [6.45, 7) is 1.18. The second kappa shape index (κ2) is 3.19. The Morgan fingerprint density at radius 2 is 2.50 bits per heavy atom. The summed E-state index contributed by atoms with van der Waals surface area (Å²) in [5.74, 6) is 0. The van der Waals surface area contributed by atoms with Crippen LogP contribution in [0.3, 0.4) is 0 Å². The van der Waals surface area contributed by atoms with E-state index in [0.717, 1.165) is 5.69 Å². The molecule has 0 spiro atoms. The molecule has 1 aromatic heterocycles. The molecule has 12 heavy (non-hydrogen) atoms. The van der Waals surface area contributed by atoms with Gasteiger partial charge in [-0.1, -0.05) is 0 Å². The van der Waals surface area contributed by atoms with Crippen LogP contribution in [0.15, 0.2) is 18.3 Å². The van der Waals surface area contributed by atoms with Crippen LogP contribution >= 0.6 is 0 Å². The molecule has 3 nitrogen and oxygen atoms in total. The number of likely N-dealkylation sites (tertiary alicyclic amines) is 1. The van der Waals surface area contributed by atoms with Crippen molar-refractivity contribution >= 4 is 0 Å². The van der Waals surface area contributed by atoms with E-state index in [0.29, 0.717) is 6.04 Å². The zero-order valence-electron chi connectivity index (χ0n) is 7.27. The van der Waals surface area contributed by atoms with Gasteiger partial charge in [0.15, 0.2) is 0 Å². The van der Waals surface area contributed by atoms with Gasteiger partial charge in [-0.25, -0.2) is 0 Å². The fourth-order valence-corrected chi connectivity index (χ4v) is 1.78. The summed E-state index contributed by atoms with van der Waals surface area (Å²) >= 11 is 0. The molecule has 0 bridgehead atoms. The highest BCUT2D eigenvalue weighted by Gasteiger charge is 2.23. The molecule has 0 aromatic carbocycles. The predicted octanol–water partition coefficient (Wildman–Crippen LogP) is 1.24. The monoisotopic (exact) mass is 163 g/mol. The van der Waals surface area contributed by atoms with Crippen LogP contribution in [0.4, 0.5) is 0 Å². The maximum absolute atomic E-state index is 4.12. The van der Waals surface area contributed by atoms with Gasteiger partial charge in [0.1, 0.15) is 0 Å². The third-order valence-electron chi connectivity index (χ3n) is 2.45. The maximum Gasteiger partial charge on any atom is 0.0802 e. The predicted molar refractivity (Wildman–Crippen MR) is 46.6 cm³/mol. The highest BCUT2D eigenvalue weighted by atomic mass is 15.2. The molecule has 2 heterocycles.